The SMILES string of the molecule is CCC(C(=O)Nc1ccc(-c2cn3ccc(C)nc3n2)cc1)c1ccccc1. The second-order valence-corrected chi connectivity index (χ2v) is 6.84. The van der Waals surface area contributed by atoms with Crippen LogP contribution in [0.5, 0.6) is 0 Å². The second kappa shape index (κ2) is 7.64. The Kier molecular flexibility index (Phi) is 4.89. The third-order valence-electron chi connectivity index (χ3n) is 4.84. The molecular formula is C23H22N4O. The lowest BCUT2D eigenvalue weighted by Crippen LogP contribution is -2.20. The number of hydrogen-bond donors (Lipinski definition) is 1. The van der Waals surface area contributed by atoms with Gasteiger partial charge in [-0.3, -0.25) is 9.20 Å². The van der Waals surface area contributed by atoms with E-state index in [9.17, 15) is 4.79 Å². The fourth-order valence-corrected chi connectivity index (χ4v) is 3.31. The van der Waals surface area contributed by atoms with E-state index in [4.69, 9.17) is 0 Å². The molecule has 0 fully saturated rings. The molecule has 1 atom stereocenters. The van der Waals surface area contributed by atoms with Crippen molar-refractivity contribution in [3.8, 4) is 11.3 Å². The molecule has 4 aromatic rings. The molecule has 0 radical (unpaired) electrons. The van der Waals surface area contributed by atoms with Gasteiger partial charge in [-0.1, -0.05) is 49.4 Å². The summed E-state index contributed by atoms with van der Waals surface area (Å²) in [4.78, 5) is 21.7. The van der Waals surface area contributed by atoms with Crippen LogP contribution in [0.2, 0.25) is 0 Å². The van der Waals surface area contributed by atoms with Crippen molar-refractivity contribution in [3.05, 3.63) is 84.3 Å². The van der Waals surface area contributed by atoms with Gasteiger partial charge in [0, 0.05) is 29.3 Å². The third-order valence-corrected chi connectivity index (χ3v) is 4.84. The largest absolute Gasteiger partial charge is 0.326 e. The van der Waals surface area contributed by atoms with Crippen molar-refractivity contribution >= 4 is 17.4 Å². The summed E-state index contributed by atoms with van der Waals surface area (Å²) in [6, 6.07) is 19.6. The Morgan fingerprint density at radius 3 is 2.50 bits per heavy atom. The molecule has 5 nitrogen and oxygen atoms in total. The maximum absolute atomic E-state index is 12.7. The lowest BCUT2D eigenvalue weighted by atomic mass is 9.95. The number of aromatic nitrogens is 3. The minimum absolute atomic E-state index is 0.00820. The molecule has 1 unspecified atom stereocenters. The van der Waals surface area contributed by atoms with Gasteiger partial charge in [-0.2, -0.15) is 0 Å². The molecular weight excluding hydrogens is 348 g/mol. The number of benzene rings is 2. The Morgan fingerprint density at radius 1 is 1.04 bits per heavy atom. The van der Waals surface area contributed by atoms with E-state index in [1.54, 1.807) is 0 Å². The highest BCUT2D eigenvalue weighted by molar-refractivity contribution is 5.96. The normalized spacial score (nSPS) is 12.1. The van der Waals surface area contributed by atoms with Crippen molar-refractivity contribution in [3.63, 3.8) is 0 Å². The van der Waals surface area contributed by atoms with Crippen LogP contribution in [0.4, 0.5) is 5.69 Å². The van der Waals surface area contributed by atoms with Crippen LogP contribution < -0.4 is 5.32 Å². The van der Waals surface area contributed by atoms with Crippen molar-refractivity contribution in [2.24, 2.45) is 0 Å². The summed E-state index contributed by atoms with van der Waals surface area (Å²) in [5, 5.41) is 3.03. The van der Waals surface area contributed by atoms with Gasteiger partial charge in [-0.25, -0.2) is 9.97 Å². The van der Waals surface area contributed by atoms with Crippen LogP contribution in [0.1, 0.15) is 30.5 Å². The zero-order valence-corrected chi connectivity index (χ0v) is 16.0. The van der Waals surface area contributed by atoms with Gasteiger partial charge in [0.05, 0.1) is 11.6 Å². The highest BCUT2D eigenvalue weighted by atomic mass is 16.1. The average molecular weight is 370 g/mol. The highest BCUT2D eigenvalue weighted by Gasteiger charge is 2.18. The molecule has 0 saturated heterocycles. The average Bonchev–Trinajstić information content (AvgIpc) is 3.13. The molecule has 0 aliphatic carbocycles. The van der Waals surface area contributed by atoms with E-state index in [0.29, 0.717) is 5.78 Å². The van der Waals surface area contributed by atoms with Crippen LogP contribution in [0, 0.1) is 6.92 Å². The van der Waals surface area contributed by atoms with E-state index in [2.05, 4.69) is 15.3 Å². The molecule has 2 aromatic heterocycles. The van der Waals surface area contributed by atoms with Crippen molar-refractivity contribution in [2.75, 3.05) is 5.32 Å². The highest BCUT2D eigenvalue weighted by Crippen LogP contribution is 2.24. The Labute approximate surface area is 164 Å². The van der Waals surface area contributed by atoms with Gasteiger partial charge < -0.3 is 5.32 Å². The van der Waals surface area contributed by atoms with Crippen molar-refractivity contribution in [2.45, 2.75) is 26.2 Å². The van der Waals surface area contributed by atoms with Crippen LogP contribution in [0.3, 0.4) is 0 Å². The molecule has 0 saturated carbocycles. The van der Waals surface area contributed by atoms with Crippen LogP contribution in [0.25, 0.3) is 17.0 Å². The van der Waals surface area contributed by atoms with E-state index in [1.165, 1.54) is 0 Å². The fraction of sp³-hybridized carbons (Fsp3) is 0.174. The number of hydrogen-bond acceptors (Lipinski definition) is 3. The molecule has 0 spiro atoms. The predicted octanol–water partition coefficient (Wildman–Crippen LogP) is 4.84. The van der Waals surface area contributed by atoms with Crippen LogP contribution in [0.15, 0.2) is 73.1 Å². The Bertz CT molecular complexity index is 1100. The Balaban J connectivity index is 1.51. The third kappa shape index (κ3) is 3.64. The maximum atomic E-state index is 12.7. The topological polar surface area (TPSA) is 59.3 Å². The summed E-state index contributed by atoms with van der Waals surface area (Å²) >= 11 is 0. The summed E-state index contributed by atoms with van der Waals surface area (Å²) in [6.07, 6.45) is 4.66. The van der Waals surface area contributed by atoms with E-state index < -0.39 is 0 Å². The number of carbonyl (C=O) groups is 1. The maximum Gasteiger partial charge on any atom is 0.234 e. The molecule has 0 bridgehead atoms. The first-order valence-corrected chi connectivity index (χ1v) is 9.42. The lowest BCUT2D eigenvalue weighted by Gasteiger charge is -2.15. The van der Waals surface area contributed by atoms with Crippen LogP contribution >= 0.6 is 0 Å². The zero-order chi connectivity index (χ0) is 19.5. The minimum Gasteiger partial charge on any atom is -0.326 e. The molecule has 0 aliphatic heterocycles. The summed E-state index contributed by atoms with van der Waals surface area (Å²) in [5.41, 5.74) is 4.59. The van der Waals surface area contributed by atoms with E-state index in [1.807, 2.05) is 91.3 Å². The van der Waals surface area contributed by atoms with E-state index in [-0.39, 0.29) is 11.8 Å². The van der Waals surface area contributed by atoms with Crippen LogP contribution in [-0.2, 0) is 4.79 Å². The Hall–Kier alpha value is -3.47. The summed E-state index contributed by atoms with van der Waals surface area (Å²) in [7, 11) is 0. The predicted molar refractivity (Wildman–Crippen MR) is 111 cm³/mol. The van der Waals surface area contributed by atoms with Crippen molar-refractivity contribution in [1.29, 1.82) is 0 Å². The quantitative estimate of drug-likeness (QED) is 0.547. The van der Waals surface area contributed by atoms with Gasteiger partial charge in [0.2, 0.25) is 11.7 Å². The monoisotopic (exact) mass is 370 g/mol. The first kappa shape index (κ1) is 17.9. The smallest absolute Gasteiger partial charge is 0.234 e. The second-order valence-electron chi connectivity index (χ2n) is 6.84. The van der Waals surface area contributed by atoms with Gasteiger partial charge in [-0.05, 0) is 37.1 Å². The lowest BCUT2D eigenvalue weighted by molar-refractivity contribution is -0.117. The number of nitrogens with one attached hydrogen (secondary N) is 1. The minimum atomic E-state index is -0.159. The molecule has 1 amide bonds. The Morgan fingerprint density at radius 2 is 1.79 bits per heavy atom. The van der Waals surface area contributed by atoms with Gasteiger partial charge >= 0.3 is 0 Å². The van der Waals surface area contributed by atoms with Gasteiger partial charge in [0.15, 0.2) is 0 Å². The van der Waals surface area contributed by atoms with Crippen molar-refractivity contribution in [1.82, 2.24) is 14.4 Å². The molecule has 5 heteroatoms. The van der Waals surface area contributed by atoms with E-state index in [0.717, 1.165) is 34.6 Å². The molecule has 1 N–H and O–H groups in total. The summed E-state index contributed by atoms with van der Waals surface area (Å²) in [6.45, 7) is 3.98. The standard InChI is InChI=1S/C23H22N4O/c1-3-20(17-7-5-4-6-8-17)22(28)25-19-11-9-18(10-12-19)21-15-27-14-13-16(2)24-23(27)26-21/h4-15,20H,3H2,1-2H3,(H,25,28). The number of rotatable bonds is 5. The molecule has 2 aromatic carbocycles. The van der Waals surface area contributed by atoms with E-state index >= 15 is 0 Å². The van der Waals surface area contributed by atoms with Gasteiger partial charge in [0.1, 0.15) is 0 Å². The van der Waals surface area contributed by atoms with Crippen LogP contribution in [-0.4, -0.2) is 20.3 Å². The number of imidazole rings is 1. The zero-order valence-electron chi connectivity index (χ0n) is 16.0. The van der Waals surface area contributed by atoms with Crippen molar-refractivity contribution < 1.29 is 4.79 Å². The fourth-order valence-electron chi connectivity index (χ4n) is 3.31. The number of fused-ring (bicyclic) bond motifs is 1. The van der Waals surface area contributed by atoms with Gasteiger partial charge in [0.25, 0.3) is 0 Å². The molecule has 4 rings (SSSR count). The first-order valence-electron chi connectivity index (χ1n) is 9.42. The summed E-state index contributed by atoms with van der Waals surface area (Å²) < 4.78 is 1.91. The number of anilines is 1. The molecule has 2 heterocycles. The summed E-state index contributed by atoms with van der Waals surface area (Å²) in [5.74, 6) is 0.531. The first-order chi connectivity index (χ1) is 13.6. The number of amides is 1. The molecule has 0 aliphatic rings. The number of carbonyl (C=O) groups excluding carboxylic acids is 1. The van der Waals surface area contributed by atoms with Gasteiger partial charge in [-0.15, -0.1) is 0 Å². The molecule has 28 heavy (non-hydrogen) atoms. The number of aryl methyl sites for hydroxylation is 1. The molecule has 140 valence electrons. The number of nitrogens with zero attached hydrogens (tertiary/aromatic N) is 3.